The van der Waals surface area contributed by atoms with Crippen molar-refractivity contribution >= 4 is 16.1 Å². The van der Waals surface area contributed by atoms with E-state index in [1.165, 1.54) is 0 Å². The molecule has 0 aliphatic rings. The molecule has 0 spiro atoms. The summed E-state index contributed by atoms with van der Waals surface area (Å²) in [5.74, 6) is 0.153. The third kappa shape index (κ3) is 7.35. The maximum atomic E-state index is 8.92. The van der Waals surface area contributed by atoms with E-state index < -0.39 is 10.4 Å². The molecule has 1 rings (SSSR count). The van der Waals surface area contributed by atoms with Crippen molar-refractivity contribution in [3.63, 3.8) is 0 Å². The Morgan fingerprint density at radius 1 is 1.36 bits per heavy atom. The second kappa shape index (κ2) is 4.80. The summed E-state index contributed by atoms with van der Waals surface area (Å²) in [6.45, 7) is 1.93. The lowest BCUT2D eigenvalue weighted by atomic mass is 10.2. The van der Waals surface area contributed by atoms with Crippen LogP contribution in [0.4, 0.5) is 5.69 Å². The van der Waals surface area contributed by atoms with E-state index in [0.717, 1.165) is 5.56 Å². The van der Waals surface area contributed by atoms with Crippen LogP contribution in [0.2, 0.25) is 0 Å². The molecule has 0 amide bonds. The van der Waals surface area contributed by atoms with Crippen LogP contribution in [0.15, 0.2) is 18.2 Å². The van der Waals surface area contributed by atoms with Crippen LogP contribution >= 0.6 is 0 Å². The highest BCUT2D eigenvalue weighted by Gasteiger charge is 1.92. The number of nitrogen functional groups attached to an aromatic ring is 1. The molecule has 0 radical (unpaired) electrons. The first-order valence-corrected chi connectivity index (χ1v) is 4.75. The van der Waals surface area contributed by atoms with E-state index in [9.17, 15) is 0 Å². The molecule has 0 aromatic heterocycles. The van der Waals surface area contributed by atoms with Crippen molar-refractivity contribution in [2.45, 2.75) is 6.92 Å². The van der Waals surface area contributed by atoms with Crippen LogP contribution in [0.1, 0.15) is 5.56 Å². The molecule has 6 nitrogen and oxygen atoms in total. The van der Waals surface area contributed by atoms with Crippen molar-refractivity contribution in [2.75, 3.05) is 5.73 Å². The van der Waals surface area contributed by atoms with E-state index in [0.29, 0.717) is 5.69 Å². The number of phenols is 1. The lowest BCUT2D eigenvalue weighted by Gasteiger charge is -2.06. The summed E-state index contributed by atoms with van der Waals surface area (Å²) in [7, 11) is -5.17. The van der Waals surface area contributed by atoms with Gasteiger partial charge in [0, 0.05) is 10.4 Å². The summed E-state index contributed by atoms with van der Waals surface area (Å²) in [6, 6.07) is 5.13. The highest BCUT2D eigenvalue weighted by atomic mass is 32.3. The fourth-order valence-corrected chi connectivity index (χ4v) is 0.674. The second-order valence-corrected chi connectivity index (χ2v) is 3.29. The average molecular weight is 219 g/mol. The molecule has 0 atom stereocenters. The van der Waals surface area contributed by atoms with Gasteiger partial charge in [0.2, 0.25) is 0 Å². The maximum Gasteiger partial charge on any atom is 0.138 e. The van der Waals surface area contributed by atoms with E-state index in [1.54, 1.807) is 12.1 Å². The quantitative estimate of drug-likeness (QED) is 0.272. The molecule has 1 aromatic rings. The predicted octanol–water partition coefficient (Wildman–Crippen LogP) is -0.0552. The SMILES string of the molecule is Cc1ccc(O)c(N)c1.O=S(=O)([O-])[O-]. The Labute approximate surface area is 81.6 Å². The Bertz CT molecular complexity index is 393. The average Bonchev–Trinajstić information content (AvgIpc) is 1.94. The summed E-state index contributed by atoms with van der Waals surface area (Å²) in [6.07, 6.45) is 0. The fraction of sp³-hybridized carbons (Fsp3) is 0.143. The van der Waals surface area contributed by atoms with Gasteiger partial charge in [-0.25, -0.2) is 0 Å². The first-order chi connectivity index (χ1) is 6.20. The van der Waals surface area contributed by atoms with Gasteiger partial charge in [-0.3, -0.25) is 8.42 Å². The lowest BCUT2D eigenvalue weighted by Crippen LogP contribution is -1.91. The number of aryl methyl sites for hydroxylation is 1. The van der Waals surface area contributed by atoms with Gasteiger partial charge in [0.15, 0.2) is 0 Å². The van der Waals surface area contributed by atoms with Crippen LogP contribution < -0.4 is 5.73 Å². The molecule has 80 valence electrons. The van der Waals surface area contributed by atoms with Crippen molar-refractivity contribution in [1.29, 1.82) is 0 Å². The Morgan fingerprint density at radius 3 is 2.07 bits per heavy atom. The Balaban J connectivity index is 0.000000292. The minimum Gasteiger partial charge on any atom is -0.759 e. The molecule has 7 heteroatoms. The molecular weight excluding hydrogens is 210 g/mol. The predicted molar refractivity (Wildman–Crippen MR) is 47.7 cm³/mol. The molecule has 14 heavy (non-hydrogen) atoms. The van der Waals surface area contributed by atoms with Gasteiger partial charge in [-0.05, 0) is 24.6 Å². The van der Waals surface area contributed by atoms with Crippen molar-refractivity contribution < 1.29 is 22.6 Å². The number of benzene rings is 1. The molecule has 3 N–H and O–H groups in total. The van der Waals surface area contributed by atoms with Gasteiger partial charge >= 0.3 is 0 Å². The van der Waals surface area contributed by atoms with Gasteiger partial charge in [-0.15, -0.1) is 0 Å². The molecule has 0 aliphatic heterocycles. The highest BCUT2D eigenvalue weighted by molar-refractivity contribution is 7.79. The first kappa shape index (κ1) is 12.7. The van der Waals surface area contributed by atoms with Crippen molar-refractivity contribution in [3.8, 4) is 5.75 Å². The standard InChI is InChI=1S/C7H9NO.H2O4S/c1-5-2-3-7(9)6(8)4-5;1-5(2,3)4/h2-4,9H,8H2,1H3;(H2,1,2,3,4)/p-2. The number of anilines is 1. The molecule has 0 fully saturated rings. The normalized spacial score (nSPS) is 10.2. The summed E-state index contributed by atoms with van der Waals surface area (Å²) < 4.78 is 34.1. The van der Waals surface area contributed by atoms with Crippen LogP contribution in [0.3, 0.4) is 0 Å². The third-order valence-corrected chi connectivity index (χ3v) is 1.18. The number of nitrogens with two attached hydrogens (primary N) is 1. The van der Waals surface area contributed by atoms with Crippen LogP contribution in [-0.4, -0.2) is 22.6 Å². The number of hydrogen-bond donors (Lipinski definition) is 2. The van der Waals surface area contributed by atoms with E-state index in [4.69, 9.17) is 28.4 Å². The number of rotatable bonds is 0. The lowest BCUT2D eigenvalue weighted by molar-refractivity contribution is 0.352. The van der Waals surface area contributed by atoms with Crippen LogP contribution in [0.25, 0.3) is 0 Å². The van der Waals surface area contributed by atoms with Gasteiger partial charge in [-0.1, -0.05) is 6.07 Å². The highest BCUT2D eigenvalue weighted by Crippen LogP contribution is 2.19. The van der Waals surface area contributed by atoms with Gasteiger partial charge in [0.25, 0.3) is 0 Å². The number of phenolic OH excluding ortho intramolecular Hbond substituents is 1. The zero-order valence-electron chi connectivity index (χ0n) is 7.30. The zero-order chi connectivity index (χ0) is 11.4. The summed E-state index contributed by atoms with van der Waals surface area (Å²) >= 11 is 0. The van der Waals surface area contributed by atoms with Crippen molar-refractivity contribution in [2.24, 2.45) is 0 Å². The molecule has 1 aromatic carbocycles. The molecule has 0 saturated heterocycles. The second-order valence-electron chi connectivity index (χ2n) is 2.47. The topological polar surface area (TPSA) is 127 Å². The minimum atomic E-state index is -5.17. The number of hydrogen-bond acceptors (Lipinski definition) is 6. The van der Waals surface area contributed by atoms with Crippen LogP contribution in [0.5, 0.6) is 5.75 Å². The maximum absolute atomic E-state index is 8.92. The molecule has 0 aliphatic carbocycles. The summed E-state index contributed by atoms with van der Waals surface area (Å²) in [5, 5.41) is 8.92. The van der Waals surface area contributed by atoms with Gasteiger partial charge < -0.3 is 19.9 Å². The van der Waals surface area contributed by atoms with E-state index in [-0.39, 0.29) is 5.75 Å². The van der Waals surface area contributed by atoms with E-state index in [1.807, 2.05) is 13.0 Å². The van der Waals surface area contributed by atoms with Gasteiger partial charge in [0.05, 0.1) is 5.69 Å². The Kier molecular flexibility index (Phi) is 4.35. The van der Waals surface area contributed by atoms with E-state index in [2.05, 4.69) is 0 Å². The van der Waals surface area contributed by atoms with Gasteiger partial charge in [0.1, 0.15) is 5.75 Å². The van der Waals surface area contributed by atoms with E-state index >= 15 is 0 Å². The smallest absolute Gasteiger partial charge is 0.138 e. The Hall–Kier alpha value is -1.31. The van der Waals surface area contributed by atoms with Crippen LogP contribution in [-0.2, 0) is 10.4 Å². The molecule has 0 unspecified atom stereocenters. The molecule has 0 bridgehead atoms. The zero-order valence-corrected chi connectivity index (χ0v) is 8.11. The number of aromatic hydroxyl groups is 1. The molecular formula is C7H9NO5S-2. The molecule has 0 saturated carbocycles. The monoisotopic (exact) mass is 219 g/mol. The van der Waals surface area contributed by atoms with Crippen molar-refractivity contribution in [1.82, 2.24) is 0 Å². The fourth-order valence-electron chi connectivity index (χ4n) is 0.674. The summed E-state index contributed by atoms with van der Waals surface area (Å²) in [5.41, 5.74) is 6.87. The van der Waals surface area contributed by atoms with Gasteiger partial charge in [-0.2, -0.15) is 0 Å². The molecule has 0 heterocycles. The first-order valence-electron chi connectivity index (χ1n) is 3.42. The largest absolute Gasteiger partial charge is 0.759 e. The third-order valence-electron chi connectivity index (χ3n) is 1.18. The Morgan fingerprint density at radius 2 is 1.79 bits per heavy atom. The summed E-state index contributed by atoms with van der Waals surface area (Å²) in [4.78, 5) is 0. The van der Waals surface area contributed by atoms with Crippen LogP contribution in [0, 0.1) is 6.92 Å². The van der Waals surface area contributed by atoms with Crippen molar-refractivity contribution in [3.05, 3.63) is 23.8 Å². The minimum absolute atomic E-state index is 0.153.